The molecule has 0 saturated heterocycles. The molecule has 1 aromatic heterocycles. The molecule has 4 unspecified atom stereocenters. The number of allylic oxidation sites excluding steroid dienone is 3. The predicted molar refractivity (Wildman–Crippen MR) is 221 cm³/mol. The van der Waals surface area contributed by atoms with E-state index in [9.17, 15) is 4.79 Å². The summed E-state index contributed by atoms with van der Waals surface area (Å²) < 4.78 is 5.02. The van der Waals surface area contributed by atoms with Gasteiger partial charge in [-0.15, -0.1) is 0 Å². The fourth-order valence-corrected chi connectivity index (χ4v) is 8.57. The summed E-state index contributed by atoms with van der Waals surface area (Å²) in [6, 6.07) is 21.1. The number of esters is 1. The number of benzene rings is 3. The Balaban J connectivity index is 1.53. The van der Waals surface area contributed by atoms with Crippen LogP contribution in [0.2, 0.25) is 0 Å². The Kier molecular flexibility index (Phi) is 11.3. The van der Waals surface area contributed by atoms with E-state index in [1.807, 2.05) is 24.3 Å². The summed E-state index contributed by atoms with van der Waals surface area (Å²) in [6.07, 6.45) is 10.4. The van der Waals surface area contributed by atoms with E-state index in [1.54, 1.807) is 0 Å². The second-order valence-corrected chi connectivity index (χ2v) is 15.0. The number of carbonyl (C=O) groups excluding carboxylic acids is 1. The minimum Gasteiger partial charge on any atom is -0.465 e. The molecule has 6 heteroatoms. The zero-order valence-electron chi connectivity index (χ0n) is 32.8. The van der Waals surface area contributed by atoms with Crippen LogP contribution >= 0.6 is 0 Å². The molecule has 0 bridgehead atoms. The summed E-state index contributed by atoms with van der Waals surface area (Å²) in [6.45, 7) is 18.4. The van der Waals surface area contributed by atoms with E-state index in [0.717, 1.165) is 46.8 Å². The highest BCUT2D eigenvalue weighted by molar-refractivity contribution is 6.07. The molecule has 0 amide bonds. The molecule has 0 fully saturated rings. The van der Waals surface area contributed by atoms with Crippen LogP contribution in [0.25, 0.3) is 5.57 Å². The van der Waals surface area contributed by atoms with Crippen LogP contribution in [0.15, 0.2) is 101 Å². The van der Waals surface area contributed by atoms with Crippen molar-refractivity contribution in [2.24, 2.45) is 21.6 Å². The molecular formula is C47H54N4O2. The van der Waals surface area contributed by atoms with Crippen molar-refractivity contribution in [2.75, 3.05) is 13.7 Å². The molecule has 274 valence electrons. The van der Waals surface area contributed by atoms with Gasteiger partial charge in [0.25, 0.3) is 0 Å². The van der Waals surface area contributed by atoms with Gasteiger partial charge in [-0.3, -0.25) is 9.98 Å². The highest BCUT2D eigenvalue weighted by Gasteiger charge is 2.32. The van der Waals surface area contributed by atoms with E-state index in [-0.39, 0.29) is 23.8 Å². The highest BCUT2D eigenvalue weighted by Crippen LogP contribution is 2.41. The standard InChI is InChI=1S/C47H54N4O2/c1-10-29(4)44(42-30(5)23-27(2)24-31(42)6)37-17-18-38(50-37)45(34-11-13-35(14-12-34)47(52)53-9)39-19-20-41(51-39)46(40-16-15-36(49-40)21-22-48)43-32(7)25-28(3)26-33(43)8/h11-20,23-26,29,40,44,46,50H,10,21-22,48H2,1-9H3. The Bertz CT molecular complexity index is 2130. The fourth-order valence-electron chi connectivity index (χ4n) is 8.57. The van der Waals surface area contributed by atoms with Gasteiger partial charge in [0.15, 0.2) is 0 Å². The lowest BCUT2D eigenvalue weighted by Gasteiger charge is -2.27. The molecule has 0 radical (unpaired) electrons. The Morgan fingerprint density at radius 2 is 1.43 bits per heavy atom. The maximum absolute atomic E-state index is 12.4. The molecule has 4 atom stereocenters. The average Bonchev–Trinajstić information content (AvgIpc) is 3.90. The Morgan fingerprint density at radius 1 is 0.830 bits per heavy atom. The topological polar surface area (TPSA) is 92.8 Å². The Morgan fingerprint density at radius 3 is 2.02 bits per heavy atom. The number of nitrogens with one attached hydrogen (secondary N) is 1. The number of rotatable bonds is 12. The van der Waals surface area contributed by atoms with E-state index in [4.69, 9.17) is 20.5 Å². The molecule has 2 aliphatic heterocycles. The number of methoxy groups -OCH3 is 1. The number of aromatic nitrogens is 1. The van der Waals surface area contributed by atoms with Crippen LogP contribution in [0.1, 0.15) is 110 Å². The number of aryl methyl sites for hydroxylation is 6. The number of hydrogen-bond donors (Lipinski definition) is 2. The van der Waals surface area contributed by atoms with Crippen molar-refractivity contribution in [1.82, 2.24) is 4.98 Å². The molecule has 3 N–H and O–H groups in total. The number of nitrogens with two attached hydrogens (primary N) is 1. The van der Waals surface area contributed by atoms with Gasteiger partial charge in [-0.2, -0.15) is 0 Å². The third-order valence-corrected chi connectivity index (χ3v) is 11.0. The normalized spacial score (nSPS) is 17.8. The maximum Gasteiger partial charge on any atom is 0.337 e. The van der Waals surface area contributed by atoms with Gasteiger partial charge in [0.2, 0.25) is 0 Å². The monoisotopic (exact) mass is 706 g/mol. The van der Waals surface area contributed by atoms with Crippen molar-refractivity contribution in [2.45, 2.75) is 86.1 Å². The first-order valence-electron chi connectivity index (χ1n) is 18.9. The first kappa shape index (κ1) is 37.7. The zero-order valence-corrected chi connectivity index (χ0v) is 32.8. The molecule has 3 aromatic carbocycles. The van der Waals surface area contributed by atoms with E-state index in [1.165, 1.54) is 57.3 Å². The van der Waals surface area contributed by atoms with Gasteiger partial charge < -0.3 is 15.5 Å². The zero-order chi connectivity index (χ0) is 38.0. The first-order valence-corrected chi connectivity index (χ1v) is 18.9. The van der Waals surface area contributed by atoms with Gasteiger partial charge in [0.1, 0.15) is 0 Å². The van der Waals surface area contributed by atoms with Gasteiger partial charge in [0.05, 0.1) is 36.0 Å². The lowest BCUT2D eigenvalue weighted by molar-refractivity contribution is 0.0600. The SMILES string of the molecule is CCC(C)C(c1ccc(C(=C2C=CC(C(c3c(C)cc(C)cc3C)C3C=CC(CCN)=N3)=N2)c2ccc(C(=O)OC)cc2)[nH]1)c1c(C)cc(C)cc1C. The second kappa shape index (κ2) is 15.9. The van der Waals surface area contributed by atoms with Crippen LogP contribution < -0.4 is 5.73 Å². The molecule has 0 aliphatic carbocycles. The van der Waals surface area contributed by atoms with Gasteiger partial charge in [-0.05, 0) is 135 Å². The van der Waals surface area contributed by atoms with Gasteiger partial charge in [-0.1, -0.05) is 73.9 Å². The van der Waals surface area contributed by atoms with Crippen molar-refractivity contribution < 1.29 is 9.53 Å². The van der Waals surface area contributed by atoms with Crippen molar-refractivity contribution >= 4 is 23.0 Å². The first-order chi connectivity index (χ1) is 25.4. The predicted octanol–water partition coefficient (Wildman–Crippen LogP) is 10.1. The molecule has 2 aliphatic rings. The second-order valence-electron chi connectivity index (χ2n) is 15.0. The fraction of sp³-hybridized carbons (Fsp3) is 0.340. The largest absolute Gasteiger partial charge is 0.465 e. The Labute approximate surface area is 315 Å². The third-order valence-electron chi connectivity index (χ3n) is 11.0. The highest BCUT2D eigenvalue weighted by atomic mass is 16.5. The minimum atomic E-state index is -0.361. The van der Waals surface area contributed by atoms with E-state index in [2.05, 4.69) is 121 Å². The van der Waals surface area contributed by atoms with E-state index >= 15 is 0 Å². The van der Waals surface area contributed by atoms with Crippen LogP contribution in [0, 0.1) is 47.5 Å². The lowest BCUT2D eigenvalue weighted by Crippen LogP contribution is -2.23. The molecule has 53 heavy (non-hydrogen) atoms. The molecule has 4 aromatic rings. The quantitative estimate of drug-likeness (QED) is 0.144. The molecule has 0 spiro atoms. The van der Waals surface area contributed by atoms with Gasteiger partial charge in [0, 0.05) is 35.0 Å². The summed E-state index contributed by atoms with van der Waals surface area (Å²) in [4.78, 5) is 26.9. The maximum atomic E-state index is 12.4. The Hall–Kier alpha value is -5.07. The molecule has 6 nitrogen and oxygen atoms in total. The van der Waals surface area contributed by atoms with Crippen molar-refractivity contribution in [3.8, 4) is 0 Å². The van der Waals surface area contributed by atoms with E-state index in [0.29, 0.717) is 18.0 Å². The van der Waals surface area contributed by atoms with Crippen LogP contribution in [-0.2, 0) is 4.74 Å². The summed E-state index contributed by atoms with van der Waals surface area (Å²) in [7, 11) is 1.41. The number of carbonyl (C=O) groups is 1. The van der Waals surface area contributed by atoms with Crippen molar-refractivity contribution in [1.29, 1.82) is 0 Å². The number of aromatic amines is 1. The molecule has 0 saturated carbocycles. The minimum absolute atomic E-state index is 0.0692. The molecule has 3 heterocycles. The van der Waals surface area contributed by atoms with Crippen LogP contribution in [0.5, 0.6) is 0 Å². The summed E-state index contributed by atoms with van der Waals surface area (Å²) in [5.74, 6) is 0.187. The van der Waals surface area contributed by atoms with Crippen LogP contribution in [0.4, 0.5) is 0 Å². The van der Waals surface area contributed by atoms with E-state index < -0.39 is 0 Å². The number of nitrogens with zero attached hydrogens (tertiary/aromatic N) is 2. The van der Waals surface area contributed by atoms with Gasteiger partial charge >= 0.3 is 5.97 Å². The lowest BCUT2D eigenvalue weighted by atomic mass is 9.79. The summed E-state index contributed by atoms with van der Waals surface area (Å²) >= 11 is 0. The van der Waals surface area contributed by atoms with Crippen molar-refractivity contribution in [3.63, 3.8) is 0 Å². The summed E-state index contributed by atoms with van der Waals surface area (Å²) in [5.41, 5.74) is 23.7. The number of H-pyrrole nitrogens is 1. The summed E-state index contributed by atoms with van der Waals surface area (Å²) in [5, 5.41) is 0. The smallest absolute Gasteiger partial charge is 0.337 e. The molecule has 6 rings (SSSR count). The number of hydrogen-bond acceptors (Lipinski definition) is 5. The van der Waals surface area contributed by atoms with Crippen LogP contribution in [-0.4, -0.2) is 42.1 Å². The number of ether oxygens (including phenoxy) is 1. The van der Waals surface area contributed by atoms with Crippen LogP contribution in [0.3, 0.4) is 0 Å². The third kappa shape index (κ3) is 7.70. The molecular weight excluding hydrogens is 653 g/mol. The number of aliphatic imine (C=N–C) groups is 2. The van der Waals surface area contributed by atoms with Crippen molar-refractivity contribution in [3.05, 3.63) is 158 Å². The average molecular weight is 707 g/mol. The van der Waals surface area contributed by atoms with Gasteiger partial charge in [-0.25, -0.2) is 4.79 Å².